The molecule has 1 amide bonds. The van der Waals surface area contributed by atoms with Crippen molar-refractivity contribution in [3.05, 3.63) is 35.9 Å². The van der Waals surface area contributed by atoms with Gasteiger partial charge in [0.15, 0.2) is 0 Å². The van der Waals surface area contributed by atoms with Gasteiger partial charge in [0.05, 0.1) is 5.25 Å². The van der Waals surface area contributed by atoms with Crippen LogP contribution in [0.4, 0.5) is 0 Å². The van der Waals surface area contributed by atoms with Gasteiger partial charge in [-0.3, -0.25) is 4.79 Å². The van der Waals surface area contributed by atoms with Crippen LogP contribution in [0.3, 0.4) is 0 Å². The highest BCUT2D eigenvalue weighted by Crippen LogP contribution is 2.23. The molecule has 18 heavy (non-hydrogen) atoms. The van der Waals surface area contributed by atoms with Crippen LogP contribution in [0.1, 0.15) is 12.0 Å². The van der Waals surface area contributed by atoms with Crippen molar-refractivity contribution in [1.82, 2.24) is 5.32 Å². The molecule has 1 aliphatic heterocycles. The molecule has 0 saturated carbocycles. The zero-order chi connectivity index (χ0) is 12.6. The van der Waals surface area contributed by atoms with Crippen molar-refractivity contribution in [2.45, 2.75) is 18.1 Å². The second-order valence-corrected chi connectivity index (χ2v) is 6.77. The van der Waals surface area contributed by atoms with Gasteiger partial charge in [0.25, 0.3) is 0 Å². The molecule has 2 nitrogen and oxygen atoms in total. The average Bonchev–Trinajstić information content (AvgIpc) is 2.45. The molecule has 4 heteroatoms. The number of thioether (sulfide) groups is 2. The van der Waals surface area contributed by atoms with Gasteiger partial charge in [-0.15, -0.1) is 11.8 Å². The maximum absolute atomic E-state index is 11.9. The molecule has 1 atom stereocenters. The lowest BCUT2D eigenvalue weighted by Crippen LogP contribution is -2.36. The Morgan fingerprint density at radius 3 is 2.83 bits per heavy atom. The summed E-state index contributed by atoms with van der Waals surface area (Å²) in [6, 6.07) is 10.4. The lowest BCUT2D eigenvalue weighted by Gasteiger charge is -2.20. The maximum atomic E-state index is 11.9. The molecule has 1 heterocycles. The van der Waals surface area contributed by atoms with E-state index in [0.717, 1.165) is 30.9 Å². The Bertz CT molecular complexity index is 363. The third kappa shape index (κ3) is 4.58. The molecule has 2 rings (SSSR count). The monoisotopic (exact) mass is 281 g/mol. The SMILES string of the molecule is O=C(NCCCc1ccccc1)C1CSCCS1. The number of amides is 1. The Hall–Kier alpha value is -0.610. The highest BCUT2D eigenvalue weighted by atomic mass is 32.2. The van der Waals surface area contributed by atoms with E-state index in [1.807, 2.05) is 17.8 Å². The summed E-state index contributed by atoms with van der Waals surface area (Å²) in [5, 5.41) is 3.22. The first-order valence-electron chi connectivity index (χ1n) is 6.37. The number of hydrogen-bond acceptors (Lipinski definition) is 3. The molecule has 1 saturated heterocycles. The number of carbonyl (C=O) groups excluding carboxylic acids is 1. The van der Waals surface area contributed by atoms with E-state index < -0.39 is 0 Å². The van der Waals surface area contributed by atoms with Crippen LogP contribution >= 0.6 is 23.5 Å². The van der Waals surface area contributed by atoms with Gasteiger partial charge in [-0.2, -0.15) is 11.8 Å². The summed E-state index contributed by atoms with van der Waals surface area (Å²) in [4.78, 5) is 11.9. The minimum Gasteiger partial charge on any atom is -0.355 e. The summed E-state index contributed by atoms with van der Waals surface area (Å²) in [7, 11) is 0. The lowest BCUT2D eigenvalue weighted by atomic mass is 10.1. The summed E-state index contributed by atoms with van der Waals surface area (Å²) < 4.78 is 0. The van der Waals surface area contributed by atoms with Gasteiger partial charge in [0, 0.05) is 23.8 Å². The van der Waals surface area contributed by atoms with Gasteiger partial charge in [0.2, 0.25) is 5.91 Å². The molecule has 1 unspecified atom stereocenters. The molecular formula is C14H19NOS2. The minimum atomic E-state index is 0.167. The Balaban J connectivity index is 1.61. The highest BCUT2D eigenvalue weighted by Gasteiger charge is 2.21. The summed E-state index contributed by atoms with van der Waals surface area (Å²) in [5.41, 5.74) is 1.34. The Labute approximate surface area is 117 Å². The molecule has 1 aromatic rings. The third-order valence-corrected chi connectivity index (χ3v) is 5.65. The van der Waals surface area contributed by atoms with Crippen molar-refractivity contribution >= 4 is 29.4 Å². The molecule has 0 aromatic heterocycles. The van der Waals surface area contributed by atoms with Crippen LogP contribution in [0.15, 0.2) is 30.3 Å². The molecule has 1 aliphatic rings. The number of benzene rings is 1. The van der Waals surface area contributed by atoms with E-state index >= 15 is 0 Å². The largest absolute Gasteiger partial charge is 0.355 e. The lowest BCUT2D eigenvalue weighted by molar-refractivity contribution is -0.120. The predicted octanol–water partition coefficient (Wildman–Crippen LogP) is 2.58. The summed E-state index contributed by atoms with van der Waals surface area (Å²) in [5.74, 6) is 3.48. The van der Waals surface area contributed by atoms with Crippen molar-refractivity contribution < 1.29 is 4.79 Å². The molecular weight excluding hydrogens is 262 g/mol. The Morgan fingerprint density at radius 2 is 2.11 bits per heavy atom. The molecule has 1 N–H and O–H groups in total. The number of hydrogen-bond donors (Lipinski definition) is 1. The smallest absolute Gasteiger partial charge is 0.233 e. The number of carbonyl (C=O) groups is 1. The molecule has 1 aromatic carbocycles. The first kappa shape index (κ1) is 13.8. The Kier molecular flexibility index (Phi) is 5.94. The standard InChI is InChI=1S/C14H19NOS2/c16-14(13-11-17-9-10-18-13)15-8-4-7-12-5-2-1-3-6-12/h1-3,5-6,13H,4,7-11H2,(H,15,16). The van der Waals surface area contributed by atoms with E-state index in [1.54, 1.807) is 11.8 Å². The van der Waals surface area contributed by atoms with Crippen LogP contribution in [0.5, 0.6) is 0 Å². The summed E-state index contributed by atoms with van der Waals surface area (Å²) in [6.45, 7) is 0.787. The number of rotatable bonds is 5. The molecule has 0 spiro atoms. The molecule has 98 valence electrons. The summed E-state index contributed by atoms with van der Waals surface area (Å²) in [6.07, 6.45) is 2.05. The topological polar surface area (TPSA) is 29.1 Å². The van der Waals surface area contributed by atoms with Gasteiger partial charge in [0.1, 0.15) is 0 Å². The van der Waals surface area contributed by atoms with Crippen LogP contribution in [0, 0.1) is 0 Å². The van der Waals surface area contributed by atoms with Crippen LogP contribution in [-0.4, -0.2) is 35.0 Å². The van der Waals surface area contributed by atoms with Gasteiger partial charge < -0.3 is 5.32 Å². The van der Waals surface area contributed by atoms with Crippen molar-refractivity contribution in [1.29, 1.82) is 0 Å². The van der Waals surface area contributed by atoms with E-state index in [2.05, 4.69) is 29.6 Å². The van der Waals surface area contributed by atoms with Crippen LogP contribution in [0.25, 0.3) is 0 Å². The quantitative estimate of drug-likeness (QED) is 0.841. The minimum absolute atomic E-state index is 0.167. The summed E-state index contributed by atoms with van der Waals surface area (Å²) >= 11 is 3.68. The third-order valence-electron chi connectivity index (χ3n) is 2.89. The van der Waals surface area contributed by atoms with Crippen LogP contribution < -0.4 is 5.32 Å². The Morgan fingerprint density at radius 1 is 1.28 bits per heavy atom. The normalized spacial score (nSPS) is 19.4. The van der Waals surface area contributed by atoms with E-state index in [0.29, 0.717) is 0 Å². The molecule has 1 fully saturated rings. The second kappa shape index (κ2) is 7.74. The van der Waals surface area contributed by atoms with Crippen molar-refractivity contribution in [3.8, 4) is 0 Å². The first-order chi connectivity index (χ1) is 8.86. The molecule has 0 bridgehead atoms. The van der Waals surface area contributed by atoms with Gasteiger partial charge >= 0.3 is 0 Å². The zero-order valence-electron chi connectivity index (χ0n) is 10.4. The van der Waals surface area contributed by atoms with Crippen molar-refractivity contribution in [3.63, 3.8) is 0 Å². The number of aryl methyl sites for hydroxylation is 1. The molecule has 0 aliphatic carbocycles. The fourth-order valence-corrected chi connectivity index (χ4v) is 4.48. The van der Waals surface area contributed by atoms with Gasteiger partial charge in [-0.1, -0.05) is 30.3 Å². The van der Waals surface area contributed by atoms with Crippen LogP contribution in [-0.2, 0) is 11.2 Å². The number of nitrogens with one attached hydrogen (secondary N) is 1. The fourth-order valence-electron chi connectivity index (χ4n) is 1.90. The van der Waals surface area contributed by atoms with Gasteiger partial charge in [-0.05, 0) is 18.4 Å². The van der Waals surface area contributed by atoms with Crippen molar-refractivity contribution in [2.75, 3.05) is 23.8 Å². The average molecular weight is 281 g/mol. The van der Waals surface area contributed by atoms with E-state index in [4.69, 9.17) is 0 Å². The van der Waals surface area contributed by atoms with Gasteiger partial charge in [-0.25, -0.2) is 0 Å². The highest BCUT2D eigenvalue weighted by molar-refractivity contribution is 8.07. The van der Waals surface area contributed by atoms with E-state index in [1.165, 1.54) is 11.3 Å². The first-order valence-corrected chi connectivity index (χ1v) is 8.57. The zero-order valence-corrected chi connectivity index (χ0v) is 12.1. The maximum Gasteiger partial charge on any atom is 0.233 e. The van der Waals surface area contributed by atoms with Crippen LogP contribution in [0.2, 0.25) is 0 Å². The predicted molar refractivity (Wildman–Crippen MR) is 81.3 cm³/mol. The van der Waals surface area contributed by atoms with Crippen molar-refractivity contribution in [2.24, 2.45) is 0 Å². The fraction of sp³-hybridized carbons (Fsp3) is 0.500. The van der Waals surface area contributed by atoms with E-state index in [9.17, 15) is 4.79 Å². The molecule has 0 radical (unpaired) electrons. The van der Waals surface area contributed by atoms with E-state index in [-0.39, 0.29) is 11.2 Å². The second-order valence-electron chi connectivity index (χ2n) is 4.31.